The second-order valence-corrected chi connectivity index (χ2v) is 5.73. The van der Waals surface area contributed by atoms with Crippen molar-refractivity contribution in [2.75, 3.05) is 5.32 Å². The molecule has 0 aliphatic rings. The maximum absolute atomic E-state index is 5.92. The van der Waals surface area contributed by atoms with Crippen LogP contribution < -0.4 is 11.1 Å². The molecule has 0 atom stereocenters. The van der Waals surface area contributed by atoms with Crippen LogP contribution in [0.4, 0.5) is 5.69 Å². The highest BCUT2D eigenvalue weighted by Crippen LogP contribution is 2.17. The lowest BCUT2D eigenvalue weighted by molar-refractivity contribution is 1.07. The van der Waals surface area contributed by atoms with E-state index in [9.17, 15) is 0 Å². The Hall–Kier alpha value is -1.08. The summed E-state index contributed by atoms with van der Waals surface area (Å²) in [7, 11) is 0. The molecule has 2 rings (SSSR count). The van der Waals surface area contributed by atoms with Gasteiger partial charge < -0.3 is 11.1 Å². The Bertz CT molecular complexity index is 585. The number of nitrogens with one attached hydrogen (secondary N) is 1. The summed E-state index contributed by atoms with van der Waals surface area (Å²) < 4.78 is 0. The molecule has 0 amide bonds. The van der Waals surface area contributed by atoms with E-state index in [0.717, 1.165) is 5.69 Å². The molecule has 3 nitrogen and oxygen atoms in total. The third kappa shape index (κ3) is 4.79. The lowest BCUT2D eigenvalue weighted by Gasteiger charge is -2.08. The molecule has 20 heavy (non-hydrogen) atoms. The van der Waals surface area contributed by atoms with E-state index >= 15 is 0 Å². The summed E-state index contributed by atoms with van der Waals surface area (Å²) in [5, 5.41) is 5.21. The van der Waals surface area contributed by atoms with Gasteiger partial charge in [-0.2, -0.15) is 0 Å². The van der Waals surface area contributed by atoms with Crippen molar-refractivity contribution in [2.45, 2.75) is 27.3 Å². The average Bonchev–Trinajstić information content (AvgIpc) is 2.71. The van der Waals surface area contributed by atoms with Gasteiger partial charge in [0, 0.05) is 10.6 Å². The highest BCUT2D eigenvalue weighted by Gasteiger charge is 2.00. The number of guanidine groups is 1. The molecular formula is C15H20IN3S. The van der Waals surface area contributed by atoms with Crippen LogP contribution in [0.2, 0.25) is 0 Å². The molecule has 1 aromatic heterocycles. The summed E-state index contributed by atoms with van der Waals surface area (Å²) in [5.41, 5.74) is 10.6. The summed E-state index contributed by atoms with van der Waals surface area (Å²) in [6.45, 7) is 6.86. The number of aryl methyl sites for hydroxylation is 3. The molecule has 5 heteroatoms. The first kappa shape index (κ1) is 17.0. The van der Waals surface area contributed by atoms with Gasteiger partial charge in [-0.1, -0.05) is 6.07 Å². The zero-order chi connectivity index (χ0) is 13.8. The Labute approximate surface area is 141 Å². The van der Waals surface area contributed by atoms with E-state index in [2.05, 4.69) is 60.7 Å². The quantitative estimate of drug-likeness (QED) is 0.460. The molecule has 0 saturated heterocycles. The third-order valence-electron chi connectivity index (χ3n) is 2.86. The molecule has 0 radical (unpaired) electrons. The van der Waals surface area contributed by atoms with Gasteiger partial charge in [-0.25, -0.2) is 4.99 Å². The van der Waals surface area contributed by atoms with E-state index in [4.69, 9.17) is 5.73 Å². The van der Waals surface area contributed by atoms with Gasteiger partial charge in [-0.15, -0.1) is 35.3 Å². The molecule has 0 saturated carbocycles. The van der Waals surface area contributed by atoms with Crippen molar-refractivity contribution in [3.05, 3.63) is 51.2 Å². The number of halogens is 1. The molecule has 0 fully saturated rings. The van der Waals surface area contributed by atoms with E-state index in [1.165, 1.54) is 21.6 Å². The standard InChI is InChI=1S/C15H19N3S.HI/c1-10-6-11(2)8-13(7-10)18-15(16)17-9-14-12(3)4-5-19-14;/h4-8H,9H2,1-3H3,(H3,16,17,18);1H. The number of aliphatic imine (C=N–C) groups is 1. The predicted octanol–water partition coefficient (Wildman–Crippen LogP) is 4.22. The molecule has 0 spiro atoms. The van der Waals surface area contributed by atoms with Crippen LogP contribution >= 0.6 is 35.3 Å². The topological polar surface area (TPSA) is 50.4 Å². The third-order valence-corrected chi connectivity index (χ3v) is 3.86. The van der Waals surface area contributed by atoms with Crippen LogP contribution in [0, 0.1) is 20.8 Å². The Morgan fingerprint density at radius 1 is 1.20 bits per heavy atom. The average molecular weight is 401 g/mol. The number of nitrogens with two attached hydrogens (primary N) is 1. The molecule has 1 heterocycles. The van der Waals surface area contributed by atoms with Crippen molar-refractivity contribution in [3.8, 4) is 0 Å². The van der Waals surface area contributed by atoms with E-state index in [-0.39, 0.29) is 24.0 Å². The molecule has 0 bridgehead atoms. The van der Waals surface area contributed by atoms with Crippen LogP contribution in [0.15, 0.2) is 34.6 Å². The fraction of sp³-hybridized carbons (Fsp3) is 0.267. The molecule has 108 valence electrons. The van der Waals surface area contributed by atoms with Gasteiger partial charge in [-0.05, 0) is 61.0 Å². The Morgan fingerprint density at radius 2 is 1.85 bits per heavy atom. The normalized spacial score (nSPS) is 11.1. The number of nitrogens with zero attached hydrogens (tertiary/aromatic N) is 1. The zero-order valence-electron chi connectivity index (χ0n) is 11.9. The van der Waals surface area contributed by atoms with Crippen molar-refractivity contribution in [3.63, 3.8) is 0 Å². The minimum atomic E-state index is 0. The summed E-state index contributed by atoms with van der Waals surface area (Å²) in [4.78, 5) is 5.63. The summed E-state index contributed by atoms with van der Waals surface area (Å²) in [5.74, 6) is 0.456. The van der Waals surface area contributed by atoms with Crippen LogP contribution in [-0.4, -0.2) is 5.96 Å². The van der Waals surface area contributed by atoms with E-state index in [1.807, 2.05) is 0 Å². The number of hydrogen-bond acceptors (Lipinski definition) is 2. The van der Waals surface area contributed by atoms with Gasteiger partial charge in [0.2, 0.25) is 0 Å². The molecule has 1 aromatic carbocycles. The predicted molar refractivity (Wildman–Crippen MR) is 99.3 cm³/mol. The smallest absolute Gasteiger partial charge is 0.193 e. The Morgan fingerprint density at radius 3 is 2.40 bits per heavy atom. The van der Waals surface area contributed by atoms with Crippen LogP contribution in [0.3, 0.4) is 0 Å². The first-order chi connectivity index (χ1) is 9.04. The van der Waals surface area contributed by atoms with Gasteiger partial charge >= 0.3 is 0 Å². The van der Waals surface area contributed by atoms with Crippen molar-refractivity contribution >= 4 is 47.0 Å². The second kappa shape index (κ2) is 7.64. The monoisotopic (exact) mass is 401 g/mol. The van der Waals surface area contributed by atoms with Gasteiger partial charge in [-0.3, -0.25) is 0 Å². The fourth-order valence-electron chi connectivity index (χ4n) is 1.96. The highest BCUT2D eigenvalue weighted by atomic mass is 127. The van der Waals surface area contributed by atoms with Gasteiger partial charge in [0.1, 0.15) is 0 Å². The number of anilines is 1. The molecular weight excluding hydrogens is 381 g/mol. The number of hydrogen-bond donors (Lipinski definition) is 2. The van der Waals surface area contributed by atoms with Crippen LogP contribution in [0.5, 0.6) is 0 Å². The molecule has 0 aliphatic heterocycles. The summed E-state index contributed by atoms with van der Waals surface area (Å²) >= 11 is 1.71. The van der Waals surface area contributed by atoms with Gasteiger partial charge in [0.15, 0.2) is 5.96 Å². The van der Waals surface area contributed by atoms with Crippen molar-refractivity contribution in [2.24, 2.45) is 10.7 Å². The largest absolute Gasteiger partial charge is 0.370 e. The SMILES string of the molecule is Cc1cc(C)cc(NC(N)=NCc2sccc2C)c1.I. The minimum absolute atomic E-state index is 0. The number of rotatable bonds is 3. The lowest BCUT2D eigenvalue weighted by atomic mass is 10.1. The zero-order valence-corrected chi connectivity index (χ0v) is 15.1. The first-order valence-corrected chi connectivity index (χ1v) is 7.11. The minimum Gasteiger partial charge on any atom is -0.370 e. The maximum Gasteiger partial charge on any atom is 0.193 e. The maximum atomic E-state index is 5.92. The summed E-state index contributed by atoms with van der Waals surface area (Å²) in [6, 6.07) is 8.36. The van der Waals surface area contributed by atoms with Crippen molar-refractivity contribution in [1.82, 2.24) is 0 Å². The van der Waals surface area contributed by atoms with Crippen LogP contribution in [0.1, 0.15) is 21.6 Å². The highest BCUT2D eigenvalue weighted by molar-refractivity contribution is 14.0. The molecule has 0 aliphatic carbocycles. The Balaban J connectivity index is 0.00000200. The van der Waals surface area contributed by atoms with E-state index < -0.39 is 0 Å². The second-order valence-electron chi connectivity index (χ2n) is 4.73. The van der Waals surface area contributed by atoms with Gasteiger partial charge in [0.05, 0.1) is 6.54 Å². The van der Waals surface area contributed by atoms with Crippen LogP contribution in [-0.2, 0) is 6.54 Å². The van der Waals surface area contributed by atoms with Gasteiger partial charge in [0.25, 0.3) is 0 Å². The van der Waals surface area contributed by atoms with E-state index in [1.54, 1.807) is 11.3 Å². The van der Waals surface area contributed by atoms with Crippen molar-refractivity contribution in [1.29, 1.82) is 0 Å². The number of benzene rings is 1. The molecule has 2 aromatic rings. The number of thiophene rings is 1. The Kier molecular flexibility index (Phi) is 6.48. The van der Waals surface area contributed by atoms with Crippen LogP contribution in [0.25, 0.3) is 0 Å². The molecule has 0 unspecified atom stereocenters. The van der Waals surface area contributed by atoms with E-state index in [0.29, 0.717) is 12.5 Å². The first-order valence-electron chi connectivity index (χ1n) is 6.23. The molecule has 3 N–H and O–H groups in total. The van der Waals surface area contributed by atoms with Crippen molar-refractivity contribution < 1.29 is 0 Å². The fourth-order valence-corrected chi connectivity index (χ4v) is 2.79. The summed E-state index contributed by atoms with van der Waals surface area (Å²) in [6.07, 6.45) is 0. The lowest BCUT2D eigenvalue weighted by Crippen LogP contribution is -2.22.